The Bertz CT molecular complexity index is 46.5. The lowest BCUT2D eigenvalue weighted by atomic mass is 10.8. The molecule has 44 valence electrons. The van der Waals surface area contributed by atoms with Crippen molar-refractivity contribution in [3.05, 3.63) is 0 Å². The van der Waals surface area contributed by atoms with Gasteiger partial charge in [0.1, 0.15) is 8.24 Å². The standard InChI is InChI=1S/C5H15NSi/c1-5-6-7(2,3)4/h6H,5H2,1-4H3. The van der Waals surface area contributed by atoms with Crippen LogP contribution in [0.5, 0.6) is 0 Å². The van der Waals surface area contributed by atoms with Crippen molar-refractivity contribution in [3.8, 4) is 0 Å². The summed E-state index contributed by atoms with van der Waals surface area (Å²) in [6.45, 7) is 10.2. The van der Waals surface area contributed by atoms with Crippen LogP contribution in [0.25, 0.3) is 0 Å². The Balaban J connectivity index is 3.15. The molecule has 0 aliphatic carbocycles. The van der Waals surface area contributed by atoms with Crippen molar-refractivity contribution in [3.63, 3.8) is 0 Å². The monoisotopic (exact) mass is 117 g/mol. The molecular weight excluding hydrogens is 102 g/mol. The van der Waals surface area contributed by atoms with E-state index in [0.717, 1.165) is 6.54 Å². The van der Waals surface area contributed by atoms with Crippen LogP contribution in [0.4, 0.5) is 0 Å². The first-order chi connectivity index (χ1) is 3.06. The molecule has 0 saturated carbocycles. The maximum absolute atomic E-state index is 3.42. The minimum Gasteiger partial charge on any atom is -0.338 e. The summed E-state index contributed by atoms with van der Waals surface area (Å²) >= 11 is 0. The minimum absolute atomic E-state index is 0.907. The number of nitrogens with one attached hydrogen (secondary N) is 1. The second kappa shape index (κ2) is 2.48. The minimum atomic E-state index is -0.907. The highest BCUT2D eigenvalue weighted by Gasteiger charge is 2.08. The first-order valence-electron chi connectivity index (χ1n) is 2.81. The molecule has 2 heteroatoms. The summed E-state index contributed by atoms with van der Waals surface area (Å²) < 4.78 is 0. The van der Waals surface area contributed by atoms with Gasteiger partial charge < -0.3 is 4.98 Å². The molecule has 0 rings (SSSR count). The van der Waals surface area contributed by atoms with Gasteiger partial charge in [-0.15, -0.1) is 0 Å². The molecule has 0 aliphatic heterocycles. The lowest BCUT2D eigenvalue weighted by Crippen LogP contribution is -2.40. The molecule has 1 N–H and O–H groups in total. The first kappa shape index (κ1) is 7.18. The van der Waals surface area contributed by atoms with E-state index in [4.69, 9.17) is 0 Å². The Kier molecular flexibility index (Phi) is 2.54. The van der Waals surface area contributed by atoms with E-state index < -0.39 is 8.24 Å². The molecule has 0 saturated heterocycles. The van der Waals surface area contributed by atoms with Gasteiger partial charge in [0.05, 0.1) is 0 Å². The SMILES string of the molecule is CCN[Si](C)(C)C. The molecule has 0 aliphatic rings. The molecule has 0 fully saturated rings. The molecule has 0 aromatic carbocycles. The van der Waals surface area contributed by atoms with Crippen molar-refractivity contribution in [1.29, 1.82) is 0 Å². The maximum Gasteiger partial charge on any atom is 0.116 e. The fraction of sp³-hybridized carbons (Fsp3) is 1.00. The van der Waals surface area contributed by atoms with Crippen LogP contribution in [0.2, 0.25) is 19.6 Å². The smallest absolute Gasteiger partial charge is 0.116 e. The van der Waals surface area contributed by atoms with E-state index in [-0.39, 0.29) is 0 Å². The molecule has 0 unspecified atom stereocenters. The van der Waals surface area contributed by atoms with E-state index in [1.165, 1.54) is 0 Å². The van der Waals surface area contributed by atoms with Crippen molar-refractivity contribution in [2.24, 2.45) is 0 Å². The molecule has 0 aromatic rings. The summed E-state index contributed by atoms with van der Waals surface area (Å²) in [4.78, 5) is 3.42. The average Bonchev–Trinajstić information content (AvgIpc) is 1.30. The third kappa shape index (κ3) is 6.18. The zero-order valence-electron chi connectivity index (χ0n) is 5.71. The maximum atomic E-state index is 3.42. The average molecular weight is 117 g/mol. The molecule has 0 radical (unpaired) electrons. The summed E-state index contributed by atoms with van der Waals surface area (Å²) in [6.07, 6.45) is 0. The van der Waals surface area contributed by atoms with Gasteiger partial charge in [0, 0.05) is 0 Å². The fourth-order valence-electron chi connectivity index (χ4n) is 0.530. The molecule has 0 atom stereocenters. The second-order valence-electron chi connectivity index (χ2n) is 2.78. The van der Waals surface area contributed by atoms with Crippen molar-refractivity contribution < 1.29 is 0 Å². The number of rotatable bonds is 2. The van der Waals surface area contributed by atoms with Crippen LogP contribution in [0.1, 0.15) is 6.92 Å². The third-order valence-electron chi connectivity index (χ3n) is 0.707. The Morgan fingerprint density at radius 2 is 1.71 bits per heavy atom. The van der Waals surface area contributed by atoms with Crippen LogP contribution >= 0.6 is 0 Å². The van der Waals surface area contributed by atoms with Crippen molar-refractivity contribution in [1.82, 2.24) is 4.98 Å². The summed E-state index contributed by atoms with van der Waals surface area (Å²) in [5, 5.41) is 0. The zero-order chi connectivity index (χ0) is 5.91. The van der Waals surface area contributed by atoms with Crippen LogP contribution in [0.3, 0.4) is 0 Å². The van der Waals surface area contributed by atoms with Crippen LogP contribution in [0, 0.1) is 0 Å². The van der Waals surface area contributed by atoms with Gasteiger partial charge in [-0.1, -0.05) is 26.6 Å². The highest BCUT2D eigenvalue weighted by molar-refractivity contribution is 6.73. The predicted molar refractivity (Wildman–Crippen MR) is 37.0 cm³/mol. The Labute approximate surface area is 47.2 Å². The van der Waals surface area contributed by atoms with E-state index in [2.05, 4.69) is 31.5 Å². The summed E-state index contributed by atoms with van der Waals surface area (Å²) in [6, 6.07) is 0. The van der Waals surface area contributed by atoms with Crippen molar-refractivity contribution >= 4 is 8.24 Å². The van der Waals surface area contributed by atoms with Gasteiger partial charge in [0.15, 0.2) is 0 Å². The third-order valence-corrected chi connectivity index (χ3v) is 2.12. The Morgan fingerprint density at radius 1 is 1.29 bits per heavy atom. The predicted octanol–water partition coefficient (Wildman–Crippen LogP) is 1.43. The van der Waals surface area contributed by atoms with Crippen LogP contribution in [0.15, 0.2) is 0 Å². The lowest BCUT2D eigenvalue weighted by molar-refractivity contribution is 0.967. The van der Waals surface area contributed by atoms with E-state index in [1.54, 1.807) is 0 Å². The number of hydrogen-bond acceptors (Lipinski definition) is 1. The van der Waals surface area contributed by atoms with E-state index in [0.29, 0.717) is 0 Å². The van der Waals surface area contributed by atoms with Crippen LogP contribution in [-0.2, 0) is 0 Å². The molecule has 0 bridgehead atoms. The highest BCUT2D eigenvalue weighted by atomic mass is 28.3. The highest BCUT2D eigenvalue weighted by Crippen LogP contribution is 1.91. The van der Waals surface area contributed by atoms with Crippen LogP contribution in [-0.4, -0.2) is 14.8 Å². The largest absolute Gasteiger partial charge is 0.338 e. The quantitative estimate of drug-likeness (QED) is 0.540. The Hall–Kier alpha value is 0.177. The van der Waals surface area contributed by atoms with Gasteiger partial charge in [-0.25, -0.2) is 0 Å². The van der Waals surface area contributed by atoms with E-state index in [9.17, 15) is 0 Å². The van der Waals surface area contributed by atoms with Gasteiger partial charge in [-0.05, 0) is 6.54 Å². The van der Waals surface area contributed by atoms with E-state index in [1.807, 2.05) is 0 Å². The second-order valence-corrected chi connectivity index (χ2v) is 7.63. The molecule has 0 heterocycles. The van der Waals surface area contributed by atoms with Gasteiger partial charge >= 0.3 is 0 Å². The molecule has 0 amide bonds. The number of hydrogen-bond donors (Lipinski definition) is 1. The molecule has 1 nitrogen and oxygen atoms in total. The fourth-order valence-corrected chi connectivity index (χ4v) is 1.59. The summed E-state index contributed by atoms with van der Waals surface area (Å²) in [5.41, 5.74) is 0. The van der Waals surface area contributed by atoms with Gasteiger partial charge in [0.2, 0.25) is 0 Å². The van der Waals surface area contributed by atoms with Crippen molar-refractivity contribution in [2.75, 3.05) is 6.54 Å². The lowest BCUT2D eigenvalue weighted by Gasteiger charge is -2.15. The molecule has 0 spiro atoms. The van der Waals surface area contributed by atoms with Crippen LogP contribution < -0.4 is 4.98 Å². The van der Waals surface area contributed by atoms with Crippen molar-refractivity contribution in [2.45, 2.75) is 26.6 Å². The summed E-state index contributed by atoms with van der Waals surface area (Å²) in [7, 11) is -0.907. The molecular formula is C5H15NSi. The van der Waals surface area contributed by atoms with Gasteiger partial charge in [-0.3, -0.25) is 0 Å². The normalized spacial score (nSPS) is 12.0. The molecule has 0 aromatic heterocycles. The topological polar surface area (TPSA) is 12.0 Å². The first-order valence-corrected chi connectivity index (χ1v) is 6.31. The zero-order valence-corrected chi connectivity index (χ0v) is 6.71. The van der Waals surface area contributed by atoms with E-state index >= 15 is 0 Å². The Morgan fingerprint density at radius 3 is 1.71 bits per heavy atom. The van der Waals surface area contributed by atoms with Gasteiger partial charge in [-0.2, -0.15) is 0 Å². The molecule has 7 heavy (non-hydrogen) atoms. The summed E-state index contributed by atoms with van der Waals surface area (Å²) in [5.74, 6) is 0. The van der Waals surface area contributed by atoms with Gasteiger partial charge in [0.25, 0.3) is 0 Å².